The first-order valence-electron chi connectivity index (χ1n) is 6.17. The van der Waals surface area contributed by atoms with E-state index in [-0.39, 0.29) is 0 Å². The lowest BCUT2D eigenvalue weighted by molar-refractivity contribution is 1.25. The highest BCUT2D eigenvalue weighted by molar-refractivity contribution is 5.93. The van der Waals surface area contributed by atoms with Gasteiger partial charge in [0.2, 0.25) is 0 Å². The van der Waals surface area contributed by atoms with E-state index in [1.165, 1.54) is 27.8 Å². The smallest absolute Gasteiger partial charge is 0.0116 e. The SMILES string of the molecule is NCC=C1c2ccccc2C=Cc2ccccc21. The lowest BCUT2D eigenvalue weighted by atomic mass is 9.93. The van der Waals surface area contributed by atoms with Crippen LogP contribution in [0.2, 0.25) is 0 Å². The fraction of sp³-hybridized carbons (Fsp3) is 0.0588. The van der Waals surface area contributed by atoms with E-state index in [1.807, 2.05) is 0 Å². The van der Waals surface area contributed by atoms with E-state index in [4.69, 9.17) is 5.73 Å². The second-order valence-corrected chi connectivity index (χ2v) is 4.36. The van der Waals surface area contributed by atoms with Crippen molar-refractivity contribution in [1.82, 2.24) is 0 Å². The number of hydrogen-bond acceptors (Lipinski definition) is 1. The molecule has 0 heterocycles. The number of benzene rings is 2. The summed E-state index contributed by atoms with van der Waals surface area (Å²) in [4.78, 5) is 0. The van der Waals surface area contributed by atoms with Crippen LogP contribution in [0.1, 0.15) is 22.3 Å². The normalized spacial score (nSPS) is 12.6. The van der Waals surface area contributed by atoms with Crippen LogP contribution in [-0.4, -0.2) is 6.54 Å². The molecule has 0 unspecified atom stereocenters. The van der Waals surface area contributed by atoms with Gasteiger partial charge in [0.15, 0.2) is 0 Å². The van der Waals surface area contributed by atoms with Crippen molar-refractivity contribution in [2.45, 2.75) is 0 Å². The van der Waals surface area contributed by atoms with Gasteiger partial charge in [-0.05, 0) is 27.8 Å². The third-order valence-electron chi connectivity index (χ3n) is 3.27. The standard InChI is InChI=1S/C17H15N/c18-12-11-17-15-7-3-1-5-13(15)9-10-14-6-2-4-8-16(14)17/h1-11H,12,18H2. The molecule has 0 saturated heterocycles. The Bertz CT molecular complexity index is 584. The average Bonchev–Trinajstić information content (AvgIpc) is 2.58. The van der Waals surface area contributed by atoms with Crippen molar-refractivity contribution in [3.05, 3.63) is 76.9 Å². The van der Waals surface area contributed by atoms with Gasteiger partial charge in [-0.15, -0.1) is 0 Å². The van der Waals surface area contributed by atoms with Gasteiger partial charge in [0.05, 0.1) is 0 Å². The molecule has 0 fully saturated rings. The van der Waals surface area contributed by atoms with Crippen molar-refractivity contribution < 1.29 is 0 Å². The van der Waals surface area contributed by atoms with Crippen LogP contribution < -0.4 is 5.73 Å². The van der Waals surface area contributed by atoms with E-state index in [0.717, 1.165) is 0 Å². The zero-order chi connectivity index (χ0) is 12.4. The minimum Gasteiger partial charge on any atom is -0.327 e. The summed E-state index contributed by atoms with van der Waals surface area (Å²) in [6.07, 6.45) is 6.45. The van der Waals surface area contributed by atoms with Gasteiger partial charge in [0.1, 0.15) is 0 Å². The summed E-state index contributed by atoms with van der Waals surface area (Å²) in [6, 6.07) is 16.9. The van der Waals surface area contributed by atoms with Crippen LogP contribution >= 0.6 is 0 Å². The third kappa shape index (κ3) is 1.79. The summed E-state index contributed by atoms with van der Waals surface area (Å²) in [7, 11) is 0. The number of rotatable bonds is 1. The fourth-order valence-electron chi connectivity index (χ4n) is 2.44. The van der Waals surface area contributed by atoms with Crippen LogP contribution in [-0.2, 0) is 0 Å². The van der Waals surface area contributed by atoms with Gasteiger partial charge >= 0.3 is 0 Å². The van der Waals surface area contributed by atoms with Crippen LogP contribution in [0.5, 0.6) is 0 Å². The molecule has 1 heteroatoms. The number of fused-ring (bicyclic) bond motifs is 2. The molecule has 88 valence electrons. The Morgan fingerprint density at radius 3 is 1.78 bits per heavy atom. The van der Waals surface area contributed by atoms with Crippen LogP contribution in [0.25, 0.3) is 17.7 Å². The van der Waals surface area contributed by atoms with E-state index in [2.05, 4.69) is 66.8 Å². The fourth-order valence-corrected chi connectivity index (χ4v) is 2.44. The Kier molecular flexibility index (Phi) is 2.83. The molecule has 0 saturated carbocycles. The molecule has 2 aromatic carbocycles. The van der Waals surface area contributed by atoms with Gasteiger partial charge in [0.25, 0.3) is 0 Å². The summed E-state index contributed by atoms with van der Waals surface area (Å²) in [5.41, 5.74) is 12.0. The Balaban J connectivity index is 2.31. The second kappa shape index (κ2) is 4.63. The maximum Gasteiger partial charge on any atom is 0.0116 e. The van der Waals surface area contributed by atoms with Gasteiger partial charge in [-0.1, -0.05) is 66.8 Å². The van der Waals surface area contributed by atoms with Crippen molar-refractivity contribution in [3.8, 4) is 0 Å². The summed E-state index contributed by atoms with van der Waals surface area (Å²) >= 11 is 0. The molecule has 1 nitrogen and oxygen atoms in total. The number of nitrogens with two attached hydrogens (primary N) is 1. The molecule has 0 bridgehead atoms. The van der Waals surface area contributed by atoms with E-state index in [0.29, 0.717) is 6.54 Å². The van der Waals surface area contributed by atoms with Crippen molar-refractivity contribution >= 4 is 17.7 Å². The van der Waals surface area contributed by atoms with Crippen molar-refractivity contribution in [1.29, 1.82) is 0 Å². The van der Waals surface area contributed by atoms with Gasteiger partial charge in [-0.2, -0.15) is 0 Å². The van der Waals surface area contributed by atoms with Crippen LogP contribution in [0.3, 0.4) is 0 Å². The molecule has 1 aliphatic carbocycles. The van der Waals surface area contributed by atoms with E-state index in [9.17, 15) is 0 Å². The molecular formula is C17H15N. The highest BCUT2D eigenvalue weighted by atomic mass is 14.5. The molecule has 0 atom stereocenters. The largest absolute Gasteiger partial charge is 0.327 e. The molecule has 1 aliphatic rings. The zero-order valence-electron chi connectivity index (χ0n) is 10.1. The molecule has 2 N–H and O–H groups in total. The highest BCUT2D eigenvalue weighted by Crippen LogP contribution is 2.33. The van der Waals surface area contributed by atoms with Crippen LogP contribution in [0, 0.1) is 0 Å². The van der Waals surface area contributed by atoms with Gasteiger partial charge in [0, 0.05) is 6.54 Å². The Morgan fingerprint density at radius 2 is 1.28 bits per heavy atom. The second-order valence-electron chi connectivity index (χ2n) is 4.36. The molecule has 2 aromatic rings. The van der Waals surface area contributed by atoms with Crippen LogP contribution in [0.15, 0.2) is 54.6 Å². The quantitative estimate of drug-likeness (QED) is 0.683. The molecule has 0 aromatic heterocycles. The maximum atomic E-state index is 5.73. The minimum absolute atomic E-state index is 0.554. The Morgan fingerprint density at radius 1 is 0.778 bits per heavy atom. The van der Waals surface area contributed by atoms with Crippen LogP contribution in [0.4, 0.5) is 0 Å². The third-order valence-corrected chi connectivity index (χ3v) is 3.27. The molecule has 0 aliphatic heterocycles. The average molecular weight is 233 g/mol. The first kappa shape index (κ1) is 11.0. The lowest BCUT2D eigenvalue weighted by Gasteiger charge is -2.11. The molecule has 18 heavy (non-hydrogen) atoms. The molecule has 0 amide bonds. The summed E-state index contributed by atoms with van der Waals surface area (Å²) < 4.78 is 0. The lowest BCUT2D eigenvalue weighted by Crippen LogP contribution is -1.98. The monoisotopic (exact) mass is 233 g/mol. The predicted molar refractivity (Wildman–Crippen MR) is 77.9 cm³/mol. The van der Waals surface area contributed by atoms with Gasteiger partial charge in [-0.3, -0.25) is 0 Å². The topological polar surface area (TPSA) is 26.0 Å². The molecular weight excluding hydrogens is 218 g/mol. The molecule has 3 rings (SSSR count). The highest BCUT2D eigenvalue weighted by Gasteiger charge is 2.13. The summed E-state index contributed by atoms with van der Waals surface area (Å²) in [6.45, 7) is 0.554. The van der Waals surface area contributed by atoms with Gasteiger partial charge < -0.3 is 5.73 Å². The summed E-state index contributed by atoms with van der Waals surface area (Å²) in [5.74, 6) is 0. The van der Waals surface area contributed by atoms with E-state index >= 15 is 0 Å². The minimum atomic E-state index is 0.554. The Labute approximate surface area is 107 Å². The van der Waals surface area contributed by atoms with Gasteiger partial charge in [-0.25, -0.2) is 0 Å². The molecule has 0 radical (unpaired) electrons. The van der Waals surface area contributed by atoms with Crippen molar-refractivity contribution in [2.75, 3.05) is 6.54 Å². The maximum absolute atomic E-state index is 5.73. The van der Waals surface area contributed by atoms with E-state index in [1.54, 1.807) is 0 Å². The van der Waals surface area contributed by atoms with Crippen molar-refractivity contribution in [2.24, 2.45) is 5.73 Å². The first-order chi connectivity index (χ1) is 8.90. The first-order valence-corrected chi connectivity index (χ1v) is 6.17. The predicted octanol–water partition coefficient (Wildman–Crippen LogP) is 3.56. The van der Waals surface area contributed by atoms with Crippen molar-refractivity contribution in [3.63, 3.8) is 0 Å². The van der Waals surface area contributed by atoms with E-state index < -0.39 is 0 Å². The molecule has 0 spiro atoms. The summed E-state index contributed by atoms with van der Waals surface area (Å²) in [5, 5.41) is 0. The number of hydrogen-bond donors (Lipinski definition) is 1. The Hall–Kier alpha value is -2.12. The zero-order valence-corrected chi connectivity index (χ0v) is 10.1.